The van der Waals surface area contributed by atoms with Crippen molar-refractivity contribution in [3.63, 3.8) is 0 Å². The first-order chi connectivity index (χ1) is 21.9. The number of hydrogen-bond acceptors (Lipinski definition) is 6. The molecule has 0 amide bonds. The van der Waals surface area contributed by atoms with Crippen molar-refractivity contribution in [1.82, 2.24) is 9.97 Å². The van der Waals surface area contributed by atoms with Crippen molar-refractivity contribution in [1.29, 1.82) is 0 Å². The van der Waals surface area contributed by atoms with Crippen LogP contribution in [0.5, 0.6) is 0 Å². The number of halogens is 9. The number of aliphatic carboxylic acids is 1. The average Bonchev–Trinajstić information content (AvgIpc) is 2.99. The Morgan fingerprint density at radius 2 is 1.49 bits per heavy atom. The molecule has 5 rings (SSSR count). The second-order valence-corrected chi connectivity index (χ2v) is 11.8. The zero-order chi connectivity index (χ0) is 34.5. The summed E-state index contributed by atoms with van der Waals surface area (Å²) in [5.74, 6) is 3.82. The summed E-state index contributed by atoms with van der Waals surface area (Å²) in [6, 6.07) is 3.97. The van der Waals surface area contributed by atoms with E-state index in [2.05, 4.69) is 9.97 Å². The number of nitrogens with zero attached hydrogens (tertiary/aromatic N) is 4. The van der Waals surface area contributed by atoms with Crippen molar-refractivity contribution in [3.05, 3.63) is 81.9 Å². The van der Waals surface area contributed by atoms with E-state index in [1.165, 1.54) is 17.3 Å². The first-order valence-corrected chi connectivity index (χ1v) is 14.7. The summed E-state index contributed by atoms with van der Waals surface area (Å²) in [4.78, 5) is 22.3. The maximum atomic E-state index is 13.7. The van der Waals surface area contributed by atoms with E-state index in [-0.39, 0.29) is 72.8 Å². The predicted molar refractivity (Wildman–Crippen MR) is 153 cm³/mol. The minimum atomic E-state index is -5.08. The van der Waals surface area contributed by atoms with Crippen LogP contribution in [0.2, 0.25) is 0 Å². The largest absolute Gasteiger partial charge is 0.481 e. The van der Waals surface area contributed by atoms with Crippen LogP contribution in [0.15, 0.2) is 42.6 Å². The third kappa shape index (κ3) is 7.26. The lowest BCUT2D eigenvalue weighted by Crippen LogP contribution is -2.45. The highest BCUT2D eigenvalue weighted by Crippen LogP contribution is 2.44. The molecule has 0 bridgehead atoms. The van der Waals surface area contributed by atoms with Gasteiger partial charge < -0.3 is 15.0 Å². The van der Waals surface area contributed by atoms with Gasteiger partial charge in [-0.25, -0.2) is 15.8 Å². The van der Waals surface area contributed by atoms with Crippen LogP contribution in [0.4, 0.5) is 50.9 Å². The highest BCUT2D eigenvalue weighted by Gasteiger charge is 2.39. The maximum absolute atomic E-state index is 13.7. The quantitative estimate of drug-likeness (QED) is 0.208. The third-order valence-corrected chi connectivity index (χ3v) is 8.76. The highest BCUT2D eigenvalue weighted by atomic mass is 19.4. The second kappa shape index (κ2) is 12.5. The molecule has 0 saturated carbocycles. The molecular weight excluding hydrogens is 645 g/mol. The number of anilines is 2. The Hall–Kier alpha value is -4.08. The van der Waals surface area contributed by atoms with E-state index in [9.17, 15) is 49.4 Å². The predicted octanol–water partition coefficient (Wildman–Crippen LogP) is 7.42. The molecule has 254 valence electrons. The van der Waals surface area contributed by atoms with Gasteiger partial charge in [-0.05, 0) is 73.2 Å². The van der Waals surface area contributed by atoms with E-state index in [1.807, 2.05) is 6.92 Å². The molecule has 1 saturated heterocycles. The van der Waals surface area contributed by atoms with Gasteiger partial charge in [0.1, 0.15) is 5.82 Å². The fraction of sp³-hybridized carbons (Fsp3) is 0.452. The lowest BCUT2D eigenvalue weighted by molar-refractivity contribution is -0.144. The van der Waals surface area contributed by atoms with Gasteiger partial charge in [0.25, 0.3) is 0 Å². The van der Waals surface area contributed by atoms with E-state index in [4.69, 9.17) is 5.84 Å². The Kier molecular flexibility index (Phi) is 9.12. The number of hydrazine groups is 1. The molecule has 3 N–H and O–H groups in total. The normalized spacial score (nSPS) is 19.6. The smallest absolute Gasteiger partial charge is 0.416 e. The Balaban J connectivity index is 1.64. The van der Waals surface area contributed by atoms with Crippen LogP contribution in [-0.2, 0) is 29.7 Å². The molecule has 7 nitrogen and oxygen atoms in total. The first kappa shape index (κ1) is 34.3. The zero-order valence-electron chi connectivity index (χ0n) is 24.8. The fourth-order valence-electron chi connectivity index (χ4n) is 6.23. The van der Waals surface area contributed by atoms with Crippen molar-refractivity contribution >= 4 is 17.3 Å². The number of benzene rings is 2. The molecule has 3 aromatic rings. The summed E-state index contributed by atoms with van der Waals surface area (Å²) in [5.41, 5.74) is -3.49. The van der Waals surface area contributed by atoms with Crippen LogP contribution >= 0.6 is 0 Å². The Morgan fingerprint density at radius 1 is 0.894 bits per heavy atom. The van der Waals surface area contributed by atoms with Crippen molar-refractivity contribution < 1.29 is 49.4 Å². The molecule has 1 fully saturated rings. The Bertz CT molecular complexity index is 1600. The minimum Gasteiger partial charge on any atom is -0.481 e. The van der Waals surface area contributed by atoms with Gasteiger partial charge in [0, 0.05) is 31.5 Å². The molecule has 2 aliphatic rings. The summed E-state index contributed by atoms with van der Waals surface area (Å²) in [7, 11) is 0. The molecule has 0 radical (unpaired) electrons. The number of fused-ring (bicyclic) bond motifs is 1. The number of hydrogen-bond donors (Lipinski definition) is 2. The maximum Gasteiger partial charge on any atom is 0.416 e. The van der Waals surface area contributed by atoms with E-state index >= 15 is 0 Å². The van der Waals surface area contributed by atoms with Gasteiger partial charge in [0.05, 0.1) is 45.9 Å². The number of rotatable bonds is 6. The van der Waals surface area contributed by atoms with Crippen LogP contribution < -0.4 is 15.8 Å². The number of aromatic nitrogens is 2. The Labute approximate surface area is 263 Å². The Morgan fingerprint density at radius 3 is 2.02 bits per heavy atom. The molecule has 1 aromatic heterocycles. The van der Waals surface area contributed by atoms with Crippen molar-refractivity contribution in [2.24, 2.45) is 11.8 Å². The number of carboxylic acids is 1. The molecular formula is C31H30F9N5O2. The highest BCUT2D eigenvalue weighted by molar-refractivity contribution is 5.70. The standard InChI is InChI=1S/C31H30F9N5O2/c1-2-21-14-23(22-13-18(29(32,33)34)3-4-25(22)45(21)41)27-42-15-26(44-7-5-17(6-8-44)28(46)47)24(43-27)11-16-9-19(30(35,36)37)12-20(10-16)31(38,39)40/h3-4,9-10,12-13,15,17,21,23H,2,5-8,11,14,41H2,1H3,(H,46,47)/t21-,23+/m1/s1. The van der Waals surface area contributed by atoms with Crippen LogP contribution in [0.1, 0.15) is 77.9 Å². The van der Waals surface area contributed by atoms with Crippen LogP contribution in [0.25, 0.3) is 0 Å². The molecule has 3 heterocycles. The molecule has 2 atom stereocenters. The van der Waals surface area contributed by atoms with Crippen LogP contribution in [-0.4, -0.2) is 40.2 Å². The molecule has 2 aromatic carbocycles. The molecule has 16 heteroatoms. The lowest BCUT2D eigenvalue weighted by atomic mass is 9.84. The molecule has 0 spiro atoms. The van der Waals surface area contributed by atoms with Gasteiger partial charge in [-0.2, -0.15) is 39.5 Å². The van der Waals surface area contributed by atoms with Crippen molar-refractivity contribution in [2.45, 2.75) is 69.5 Å². The third-order valence-electron chi connectivity index (χ3n) is 8.76. The number of piperidine rings is 1. The van der Waals surface area contributed by atoms with E-state index in [0.29, 0.717) is 24.2 Å². The number of alkyl halides is 9. The summed E-state index contributed by atoms with van der Waals surface area (Å²) >= 11 is 0. The fourth-order valence-corrected chi connectivity index (χ4v) is 6.23. The van der Waals surface area contributed by atoms with E-state index in [0.717, 1.165) is 12.1 Å². The van der Waals surface area contributed by atoms with E-state index < -0.39 is 59.4 Å². The molecule has 47 heavy (non-hydrogen) atoms. The number of carboxylic acid groups (broad SMARTS) is 1. The van der Waals surface area contributed by atoms with Gasteiger partial charge in [-0.15, -0.1) is 0 Å². The van der Waals surface area contributed by atoms with Gasteiger partial charge in [-0.1, -0.05) is 6.92 Å². The SMILES string of the molecule is CC[C@@H]1C[C@H](c2ncc(N3CCC(C(=O)O)CC3)c(Cc3cc(C(F)(F)F)cc(C(F)(F)F)c3)n2)c2cc(C(F)(F)F)ccc2N1N. The minimum absolute atomic E-state index is 0.0210. The summed E-state index contributed by atoms with van der Waals surface area (Å²) in [5, 5.41) is 10.8. The van der Waals surface area contributed by atoms with Crippen LogP contribution in [0.3, 0.4) is 0 Å². The number of nitrogens with two attached hydrogens (primary N) is 1. The first-order valence-electron chi connectivity index (χ1n) is 14.7. The zero-order valence-corrected chi connectivity index (χ0v) is 24.8. The topological polar surface area (TPSA) is 95.6 Å². The van der Waals surface area contributed by atoms with Crippen molar-refractivity contribution in [2.75, 3.05) is 23.0 Å². The summed E-state index contributed by atoms with van der Waals surface area (Å²) < 4.78 is 123. The van der Waals surface area contributed by atoms with E-state index in [1.54, 1.807) is 4.90 Å². The van der Waals surface area contributed by atoms with Gasteiger partial charge >= 0.3 is 24.5 Å². The number of carbonyl (C=O) groups is 1. The summed E-state index contributed by atoms with van der Waals surface area (Å²) in [6.07, 6.45) is -12.9. The summed E-state index contributed by atoms with van der Waals surface area (Å²) in [6.45, 7) is 2.23. The second-order valence-electron chi connectivity index (χ2n) is 11.8. The van der Waals surface area contributed by atoms with Crippen LogP contribution in [0, 0.1) is 5.92 Å². The van der Waals surface area contributed by atoms with Gasteiger partial charge in [0.15, 0.2) is 0 Å². The van der Waals surface area contributed by atoms with Gasteiger partial charge in [-0.3, -0.25) is 4.79 Å². The van der Waals surface area contributed by atoms with Gasteiger partial charge in [0.2, 0.25) is 0 Å². The molecule has 2 aliphatic heterocycles. The lowest BCUT2D eigenvalue weighted by Gasteiger charge is -2.39. The monoisotopic (exact) mass is 675 g/mol. The van der Waals surface area contributed by atoms with Crippen molar-refractivity contribution in [3.8, 4) is 0 Å². The average molecular weight is 676 g/mol. The molecule has 0 unspecified atom stereocenters. The molecule has 0 aliphatic carbocycles.